The lowest BCUT2D eigenvalue weighted by molar-refractivity contribution is 1.32. The van der Waals surface area contributed by atoms with Gasteiger partial charge in [-0.1, -0.05) is 41.1 Å². The fourth-order valence-electron chi connectivity index (χ4n) is 0.789. The SMILES string of the molecule is [B]C([B])c1ccc(C)cc1. The summed E-state index contributed by atoms with van der Waals surface area (Å²) in [7, 11) is 10.9. The summed E-state index contributed by atoms with van der Waals surface area (Å²) in [5, 5.41) is 0. The van der Waals surface area contributed by atoms with Crippen molar-refractivity contribution in [2.75, 3.05) is 0 Å². The maximum atomic E-state index is 5.44. The average Bonchev–Trinajstić information content (AvgIpc) is 1.88. The van der Waals surface area contributed by atoms with Gasteiger partial charge in [-0.15, -0.1) is 0 Å². The Hall–Kier alpha value is -0.650. The highest BCUT2D eigenvalue weighted by molar-refractivity contribution is 6.35. The normalized spacial score (nSPS) is 10.2. The first-order valence-corrected chi connectivity index (χ1v) is 3.28. The Morgan fingerprint density at radius 2 is 1.60 bits per heavy atom. The molecule has 0 aliphatic heterocycles. The van der Waals surface area contributed by atoms with Crippen LogP contribution < -0.4 is 0 Å². The quantitative estimate of drug-likeness (QED) is 0.497. The van der Waals surface area contributed by atoms with E-state index in [0.717, 1.165) is 5.56 Å². The fraction of sp³-hybridized carbons (Fsp3) is 0.250. The van der Waals surface area contributed by atoms with E-state index >= 15 is 0 Å². The minimum absolute atomic E-state index is 0.347. The molecule has 0 aliphatic carbocycles. The van der Waals surface area contributed by atoms with E-state index in [1.807, 2.05) is 31.2 Å². The molecule has 4 radical (unpaired) electrons. The van der Waals surface area contributed by atoms with Crippen LogP contribution in [-0.4, -0.2) is 15.7 Å². The van der Waals surface area contributed by atoms with Gasteiger partial charge in [0.05, 0.1) is 15.7 Å². The molecule has 0 saturated carbocycles. The zero-order valence-electron chi connectivity index (χ0n) is 6.04. The minimum Gasteiger partial charge on any atom is -0.0862 e. The Bertz CT molecular complexity index is 201. The Kier molecular flexibility index (Phi) is 2.21. The van der Waals surface area contributed by atoms with E-state index in [2.05, 4.69) is 0 Å². The molecular weight excluding hydrogens is 118 g/mol. The smallest absolute Gasteiger partial charge is 0.0637 e. The lowest BCUT2D eigenvalue weighted by Gasteiger charge is -2.04. The Labute approximate surface area is 64.5 Å². The minimum atomic E-state index is -0.347. The van der Waals surface area contributed by atoms with Crippen molar-refractivity contribution in [3.63, 3.8) is 0 Å². The van der Waals surface area contributed by atoms with E-state index in [1.165, 1.54) is 5.56 Å². The first-order chi connectivity index (χ1) is 4.70. The summed E-state index contributed by atoms with van der Waals surface area (Å²) in [6, 6.07) is 7.89. The van der Waals surface area contributed by atoms with Crippen LogP contribution in [0, 0.1) is 6.92 Å². The summed E-state index contributed by atoms with van der Waals surface area (Å²) in [5.41, 5.74) is 1.86. The third-order valence-corrected chi connectivity index (χ3v) is 1.46. The van der Waals surface area contributed by atoms with E-state index in [4.69, 9.17) is 15.7 Å². The molecule has 0 bridgehead atoms. The van der Waals surface area contributed by atoms with Gasteiger partial charge in [-0.3, -0.25) is 0 Å². The van der Waals surface area contributed by atoms with Crippen LogP contribution in [0.5, 0.6) is 0 Å². The van der Waals surface area contributed by atoms with Gasteiger partial charge < -0.3 is 0 Å². The molecule has 1 aromatic rings. The molecule has 0 amide bonds. The van der Waals surface area contributed by atoms with Crippen molar-refractivity contribution in [1.29, 1.82) is 0 Å². The molecular formula is C8H8B2. The van der Waals surface area contributed by atoms with Crippen molar-refractivity contribution in [2.24, 2.45) is 0 Å². The van der Waals surface area contributed by atoms with Gasteiger partial charge in [0, 0.05) is 0 Å². The highest BCUT2D eigenvalue weighted by atomic mass is 13.9. The number of rotatable bonds is 1. The molecule has 1 aromatic carbocycles. The largest absolute Gasteiger partial charge is 0.0862 e. The van der Waals surface area contributed by atoms with Crippen molar-refractivity contribution < 1.29 is 0 Å². The fourth-order valence-corrected chi connectivity index (χ4v) is 0.789. The van der Waals surface area contributed by atoms with Gasteiger partial charge in [-0.25, -0.2) is 0 Å². The van der Waals surface area contributed by atoms with Crippen LogP contribution in [0.1, 0.15) is 16.8 Å². The number of hydrogen-bond donors (Lipinski definition) is 0. The highest BCUT2D eigenvalue weighted by Crippen LogP contribution is 2.08. The van der Waals surface area contributed by atoms with Crippen LogP contribution in [0.25, 0.3) is 0 Å². The van der Waals surface area contributed by atoms with Gasteiger partial charge in [0.1, 0.15) is 0 Å². The van der Waals surface area contributed by atoms with Crippen LogP contribution in [0.3, 0.4) is 0 Å². The topological polar surface area (TPSA) is 0 Å². The van der Waals surface area contributed by atoms with Crippen molar-refractivity contribution >= 4 is 15.7 Å². The van der Waals surface area contributed by atoms with E-state index in [1.54, 1.807) is 0 Å². The number of aryl methyl sites for hydroxylation is 1. The van der Waals surface area contributed by atoms with Crippen molar-refractivity contribution in [3.8, 4) is 0 Å². The molecule has 0 spiro atoms. The summed E-state index contributed by atoms with van der Waals surface area (Å²) < 4.78 is 0. The van der Waals surface area contributed by atoms with Gasteiger partial charge in [-0.05, 0) is 6.92 Å². The van der Waals surface area contributed by atoms with Crippen LogP contribution in [0.2, 0.25) is 0 Å². The second-order valence-corrected chi connectivity index (χ2v) is 2.44. The summed E-state index contributed by atoms with van der Waals surface area (Å²) >= 11 is 0. The molecule has 0 N–H and O–H groups in total. The maximum absolute atomic E-state index is 5.44. The predicted molar refractivity (Wildman–Crippen MR) is 45.4 cm³/mol. The van der Waals surface area contributed by atoms with Gasteiger partial charge in [0.2, 0.25) is 0 Å². The van der Waals surface area contributed by atoms with Crippen LogP contribution in [-0.2, 0) is 0 Å². The summed E-state index contributed by atoms with van der Waals surface area (Å²) in [4.78, 5) is 0. The summed E-state index contributed by atoms with van der Waals surface area (Å²) in [6.07, 6.45) is 0. The Balaban J connectivity index is 2.89. The number of benzene rings is 1. The molecule has 0 aromatic heterocycles. The Morgan fingerprint density at radius 1 is 1.10 bits per heavy atom. The lowest BCUT2D eigenvalue weighted by atomic mass is 9.67. The lowest BCUT2D eigenvalue weighted by Crippen LogP contribution is -1.95. The monoisotopic (exact) mass is 126 g/mol. The van der Waals surface area contributed by atoms with Gasteiger partial charge >= 0.3 is 0 Å². The van der Waals surface area contributed by atoms with E-state index in [9.17, 15) is 0 Å². The molecule has 0 nitrogen and oxygen atoms in total. The number of hydrogen-bond acceptors (Lipinski definition) is 0. The third-order valence-electron chi connectivity index (χ3n) is 1.46. The molecule has 46 valence electrons. The van der Waals surface area contributed by atoms with Crippen molar-refractivity contribution in [3.05, 3.63) is 35.4 Å². The van der Waals surface area contributed by atoms with Crippen LogP contribution in [0.15, 0.2) is 24.3 Å². The standard InChI is InChI=1S/C8H8B2/c1-6-2-4-7(5-3-6)8(9)10/h2-5,8H,1H3. The Morgan fingerprint density at radius 3 is 2.00 bits per heavy atom. The molecule has 1 rings (SSSR count). The van der Waals surface area contributed by atoms with Crippen molar-refractivity contribution in [2.45, 2.75) is 12.6 Å². The second kappa shape index (κ2) is 2.96. The molecule has 0 saturated heterocycles. The highest BCUT2D eigenvalue weighted by Gasteiger charge is 1.94. The van der Waals surface area contributed by atoms with Gasteiger partial charge in [-0.2, -0.15) is 0 Å². The van der Waals surface area contributed by atoms with Gasteiger partial charge in [0.15, 0.2) is 0 Å². The van der Waals surface area contributed by atoms with E-state index in [-0.39, 0.29) is 5.72 Å². The predicted octanol–water partition coefficient (Wildman–Crippen LogP) is 1.33. The van der Waals surface area contributed by atoms with Crippen LogP contribution in [0.4, 0.5) is 0 Å². The van der Waals surface area contributed by atoms with Crippen molar-refractivity contribution in [1.82, 2.24) is 0 Å². The summed E-state index contributed by atoms with van der Waals surface area (Å²) in [6.45, 7) is 2.03. The zero-order chi connectivity index (χ0) is 7.56. The first kappa shape index (κ1) is 7.46. The van der Waals surface area contributed by atoms with Gasteiger partial charge in [0.25, 0.3) is 0 Å². The maximum Gasteiger partial charge on any atom is 0.0637 e. The van der Waals surface area contributed by atoms with Crippen LogP contribution >= 0.6 is 0 Å². The average molecular weight is 126 g/mol. The first-order valence-electron chi connectivity index (χ1n) is 3.28. The molecule has 0 fully saturated rings. The van der Waals surface area contributed by atoms with E-state index < -0.39 is 0 Å². The van der Waals surface area contributed by atoms with E-state index in [0.29, 0.717) is 0 Å². The molecule has 10 heavy (non-hydrogen) atoms. The molecule has 0 aliphatic rings. The summed E-state index contributed by atoms with van der Waals surface area (Å²) in [5.74, 6) is 0. The molecule has 0 heterocycles. The zero-order valence-corrected chi connectivity index (χ0v) is 6.04. The molecule has 0 unspecified atom stereocenters. The third kappa shape index (κ3) is 1.66. The second-order valence-electron chi connectivity index (χ2n) is 2.44. The molecule has 2 heteroatoms. The molecule has 0 atom stereocenters.